The van der Waals surface area contributed by atoms with E-state index in [1.807, 2.05) is 12.4 Å². The summed E-state index contributed by atoms with van der Waals surface area (Å²) in [7, 11) is 0. The molecule has 7 heteroatoms. The Hall–Kier alpha value is -7.57. The first kappa shape index (κ1) is 51.9. The molecule has 383 valence electrons. The topological polar surface area (TPSA) is 45.5 Å². The summed E-state index contributed by atoms with van der Waals surface area (Å²) in [5.74, 6) is 2.65. The third-order valence-electron chi connectivity index (χ3n) is 15.5. The molecule has 76 heavy (non-hydrogen) atoms. The van der Waals surface area contributed by atoms with Crippen LogP contribution in [0.2, 0.25) is 0 Å². The van der Waals surface area contributed by atoms with Crippen molar-refractivity contribution in [3.8, 4) is 45.5 Å². The zero-order chi connectivity index (χ0) is 51.9. The third-order valence-corrected chi connectivity index (χ3v) is 15.5. The largest absolute Gasteiger partial charge is 0.350 e. The van der Waals surface area contributed by atoms with Crippen LogP contribution < -0.4 is 0 Å². The number of nitrogens with zero attached hydrogens (tertiary/aromatic N) is 6. The molecule has 4 heterocycles. The van der Waals surface area contributed by atoms with E-state index in [1.54, 1.807) is 0 Å². The van der Waals surface area contributed by atoms with Gasteiger partial charge in [-0.25, -0.2) is 0 Å². The van der Waals surface area contributed by atoms with Crippen LogP contribution >= 0.6 is 0 Å². The van der Waals surface area contributed by atoms with Crippen molar-refractivity contribution < 1.29 is 20.1 Å². The van der Waals surface area contributed by atoms with Crippen molar-refractivity contribution in [1.82, 2.24) is 28.2 Å². The molecule has 1 unspecified atom stereocenters. The Bertz CT molecular complexity index is 4020. The summed E-state index contributed by atoms with van der Waals surface area (Å²) in [5, 5.41) is 4.90. The van der Waals surface area contributed by atoms with E-state index >= 15 is 0 Å². The van der Waals surface area contributed by atoms with E-state index in [0.717, 1.165) is 46.1 Å². The van der Waals surface area contributed by atoms with E-state index in [9.17, 15) is 0 Å². The summed E-state index contributed by atoms with van der Waals surface area (Å²) >= 11 is 0. The van der Waals surface area contributed by atoms with Crippen LogP contribution in [0.1, 0.15) is 84.0 Å². The molecule has 0 saturated carbocycles. The fourth-order valence-corrected chi connectivity index (χ4v) is 12.0. The molecule has 0 fully saturated rings. The summed E-state index contributed by atoms with van der Waals surface area (Å²) in [6.07, 6.45) is 14.2. The van der Waals surface area contributed by atoms with Crippen molar-refractivity contribution in [3.63, 3.8) is 0 Å². The molecule has 0 amide bonds. The molecule has 1 radical (unpaired) electrons. The number of rotatable bonds is 12. The van der Waals surface area contributed by atoms with Crippen LogP contribution in [-0.2, 0) is 26.5 Å². The molecule has 0 saturated heterocycles. The molecule has 12 rings (SSSR count). The van der Waals surface area contributed by atoms with Crippen molar-refractivity contribution in [3.05, 3.63) is 227 Å². The van der Waals surface area contributed by atoms with Crippen LogP contribution in [0.3, 0.4) is 0 Å². The summed E-state index contributed by atoms with van der Waals surface area (Å²) in [5.41, 5.74) is 21.8. The van der Waals surface area contributed by atoms with Crippen LogP contribution in [0.5, 0.6) is 0 Å². The number of benzene rings is 8. The quantitative estimate of drug-likeness (QED) is 0.114. The maximum Gasteiger partial charge on any atom is 0.0603 e. The molecule has 0 spiro atoms. The van der Waals surface area contributed by atoms with Gasteiger partial charge in [0.15, 0.2) is 0 Å². The molecule has 0 bridgehead atoms. The second-order valence-corrected chi connectivity index (χ2v) is 20.7. The van der Waals surface area contributed by atoms with E-state index in [1.165, 1.54) is 126 Å². The van der Waals surface area contributed by atoms with Crippen molar-refractivity contribution in [2.45, 2.75) is 94.4 Å². The first-order valence-corrected chi connectivity index (χ1v) is 26.8. The Kier molecular flexibility index (Phi) is 15.0. The van der Waals surface area contributed by atoms with Gasteiger partial charge in [-0.2, -0.15) is 0 Å². The normalized spacial score (nSPS) is 11.9. The van der Waals surface area contributed by atoms with Crippen molar-refractivity contribution >= 4 is 43.6 Å². The number of fused-ring (bicyclic) bond motifs is 6. The second kappa shape index (κ2) is 22.0. The van der Waals surface area contributed by atoms with Crippen molar-refractivity contribution in [1.29, 1.82) is 0 Å². The average molecular weight is 1170 g/mol. The van der Waals surface area contributed by atoms with E-state index in [4.69, 9.17) is 9.97 Å². The summed E-state index contributed by atoms with van der Waals surface area (Å²) < 4.78 is 9.16. The molecule has 0 aliphatic carbocycles. The molecule has 0 aliphatic rings. The van der Waals surface area contributed by atoms with Gasteiger partial charge in [0.05, 0.1) is 11.6 Å². The second-order valence-electron chi connectivity index (χ2n) is 20.7. The average Bonchev–Trinajstić information content (AvgIpc) is 4.24. The van der Waals surface area contributed by atoms with Crippen LogP contribution in [-0.4, -0.2) is 28.2 Å². The maximum atomic E-state index is 4.85. The van der Waals surface area contributed by atoms with Gasteiger partial charge in [0, 0.05) is 78.7 Å². The summed E-state index contributed by atoms with van der Waals surface area (Å²) in [6.45, 7) is 19.9. The summed E-state index contributed by atoms with van der Waals surface area (Å²) in [6, 6.07) is 59.6. The SMILES string of the molecule is CCCC(CC)CCc1cc(C)c(-n2ccnc2-c2[c-]cc3c(c2)c2ccccc2n3-c2ccccc2C)c(C)c1.Cc1cc(C)c(-n2ccnc2-c2[c-]cc3c(c2)c2ccccc2n3-c2ccccc2C)c(C)c1.[Ir]. The molecule has 0 N–H and O–H groups in total. The number of imidazole rings is 2. The third kappa shape index (κ3) is 9.56. The fraction of sp³-hybridized carbons (Fsp3) is 0.217. The Balaban J connectivity index is 0.000000173. The zero-order valence-electron chi connectivity index (χ0n) is 45.3. The summed E-state index contributed by atoms with van der Waals surface area (Å²) in [4.78, 5) is 9.61. The smallest absolute Gasteiger partial charge is 0.0603 e. The van der Waals surface area contributed by atoms with Gasteiger partial charge in [0.2, 0.25) is 0 Å². The van der Waals surface area contributed by atoms with Gasteiger partial charge >= 0.3 is 0 Å². The molecule has 12 aromatic rings. The standard InChI is InChI=1S/C38H40N3.C31H26N3.Ir/c1-6-12-29(7-2)17-18-30-23-27(4)37(28(5)24-30)40-22-21-39-38(40)31-19-20-36-33(25-31)32-14-9-11-16-35(32)41(36)34-15-10-8-13-26(34)3;1-20-17-22(3)30(23(4)18-20)33-16-15-32-31(33)24-13-14-29-26(19-24)25-10-6-8-12-28(25)34(29)27-11-7-5-9-21(27)2;/h8-11,13-16,20-25,29H,6-7,12,17-18H2,1-5H3;5-12,14-19H,1-4H3;/q2*-1;. The molecule has 6 nitrogen and oxygen atoms in total. The Morgan fingerprint density at radius 3 is 1.34 bits per heavy atom. The van der Waals surface area contributed by atoms with Gasteiger partial charge in [0.1, 0.15) is 0 Å². The van der Waals surface area contributed by atoms with E-state index < -0.39 is 0 Å². The Morgan fingerprint density at radius 1 is 0.461 bits per heavy atom. The number of hydrogen-bond acceptors (Lipinski definition) is 2. The maximum absolute atomic E-state index is 4.85. The minimum atomic E-state index is 0. The van der Waals surface area contributed by atoms with Gasteiger partial charge in [-0.05, 0) is 152 Å². The van der Waals surface area contributed by atoms with Crippen LogP contribution in [0.25, 0.3) is 89.1 Å². The van der Waals surface area contributed by atoms with Crippen LogP contribution in [0.4, 0.5) is 0 Å². The number of aryl methyl sites for hydroxylation is 8. The molecule has 4 aromatic heterocycles. The van der Waals surface area contributed by atoms with Gasteiger partial charge in [-0.3, -0.25) is 9.97 Å². The number of hydrogen-bond donors (Lipinski definition) is 0. The predicted octanol–water partition coefficient (Wildman–Crippen LogP) is 17.8. The minimum absolute atomic E-state index is 0. The molecular weight excluding hydrogens is 1110 g/mol. The van der Waals surface area contributed by atoms with Gasteiger partial charge in [0.25, 0.3) is 0 Å². The zero-order valence-corrected chi connectivity index (χ0v) is 47.7. The first-order chi connectivity index (χ1) is 36.5. The van der Waals surface area contributed by atoms with E-state index in [2.05, 4.69) is 251 Å². The van der Waals surface area contributed by atoms with E-state index in [0.29, 0.717) is 0 Å². The molecule has 1 atom stereocenters. The fourth-order valence-electron chi connectivity index (χ4n) is 12.0. The Morgan fingerprint density at radius 2 is 0.895 bits per heavy atom. The van der Waals surface area contributed by atoms with Crippen LogP contribution in [0, 0.1) is 66.5 Å². The molecule has 8 aromatic carbocycles. The van der Waals surface area contributed by atoms with Crippen LogP contribution in [0.15, 0.2) is 170 Å². The Labute approximate surface area is 462 Å². The first-order valence-electron chi connectivity index (χ1n) is 26.8. The monoisotopic (exact) mass is 1170 g/mol. The number of aromatic nitrogens is 6. The van der Waals surface area contributed by atoms with Crippen molar-refractivity contribution in [2.24, 2.45) is 5.92 Å². The molecule has 0 aliphatic heterocycles. The predicted molar refractivity (Wildman–Crippen MR) is 315 cm³/mol. The van der Waals surface area contributed by atoms with Crippen molar-refractivity contribution in [2.75, 3.05) is 0 Å². The van der Waals surface area contributed by atoms with E-state index in [-0.39, 0.29) is 20.1 Å². The minimum Gasteiger partial charge on any atom is -0.350 e. The van der Waals surface area contributed by atoms with Gasteiger partial charge in [-0.1, -0.05) is 147 Å². The number of para-hydroxylation sites is 4. The molecular formula is C69H66IrN6-2. The van der Waals surface area contributed by atoms with Gasteiger partial charge in [-0.15, -0.1) is 47.5 Å². The van der Waals surface area contributed by atoms with Gasteiger partial charge < -0.3 is 18.3 Å².